The molecular weight excluding hydrogens is 520 g/mol. The zero-order valence-electron chi connectivity index (χ0n) is 23.9. The van der Waals surface area contributed by atoms with Crippen molar-refractivity contribution >= 4 is 11.6 Å². The Balaban J connectivity index is 1.48. The molecule has 7 rings (SSSR count). The van der Waals surface area contributed by atoms with E-state index >= 15 is 0 Å². The van der Waals surface area contributed by atoms with E-state index in [1.54, 1.807) is 6.08 Å². The van der Waals surface area contributed by atoms with Crippen LogP contribution in [0, 0.1) is 17.8 Å². The lowest BCUT2D eigenvalue weighted by atomic mass is 9.49. The van der Waals surface area contributed by atoms with Crippen LogP contribution in [0.2, 0.25) is 0 Å². The second-order valence-corrected chi connectivity index (χ2v) is 12.1. The molecule has 1 saturated carbocycles. The first-order chi connectivity index (χ1) is 19.6. The third kappa shape index (κ3) is 4.01. The van der Waals surface area contributed by atoms with Crippen molar-refractivity contribution < 1.29 is 34.0 Å². The first-order valence-electron chi connectivity index (χ1n) is 14.2. The molecule has 0 radical (unpaired) electrons. The Kier molecular flexibility index (Phi) is 6.70. The van der Waals surface area contributed by atoms with Gasteiger partial charge in [-0.2, -0.15) is 0 Å². The molecule has 3 aliphatic carbocycles. The Labute approximate surface area is 240 Å². The summed E-state index contributed by atoms with van der Waals surface area (Å²) in [4.78, 5) is 28.6. The number of Topliss-reactive ketones (excluding diaryl/α,β-unsaturated/α-hetero) is 2. The number of phenolic OH excluding ortho intramolecular Hbond substituents is 2. The minimum absolute atomic E-state index is 0.0190. The molecule has 5 aliphatic rings. The zero-order valence-corrected chi connectivity index (χ0v) is 23.9. The first-order valence-corrected chi connectivity index (χ1v) is 14.2. The molecule has 2 aromatic carbocycles. The van der Waals surface area contributed by atoms with Crippen molar-refractivity contribution in [3.8, 4) is 17.2 Å². The largest absolute Gasteiger partial charge is 0.507 e. The van der Waals surface area contributed by atoms with Gasteiger partial charge < -0.3 is 24.4 Å². The number of phenols is 2. The SMILES string of the molecule is CC(C)=CCc1c(O)cc(O)c2c1O[C@@]13C(=C[C@H]4C(=O)[C@]1(CC=C(C)C)OC[C@@H]3[C@H]4COCc1ccccc1)C2=O. The number of hydrogen-bond donors (Lipinski definition) is 2. The lowest BCUT2D eigenvalue weighted by Crippen LogP contribution is -2.74. The molecule has 5 atom stereocenters. The number of rotatable bonds is 8. The molecule has 1 saturated heterocycles. The fraction of sp³-hybridized carbons (Fsp3) is 0.412. The summed E-state index contributed by atoms with van der Waals surface area (Å²) in [6.07, 6.45) is 6.18. The maximum Gasteiger partial charge on any atom is 0.200 e. The van der Waals surface area contributed by atoms with Crippen LogP contribution in [-0.4, -0.2) is 46.2 Å². The molecule has 1 spiro atoms. The number of fused-ring (bicyclic) bond motifs is 1. The standard InChI is InChI=1S/C34H36O7/c1-19(2)10-11-22-27(35)15-28(36)29-30(37)25-14-23-24(17-39-16-21-8-6-5-7-9-21)26-18-40-33(32(23)38,13-12-20(3)4)34(25,26)41-31(22)29/h5-10,12,14-15,23-24,26,35-36H,11,13,16-18H2,1-4H3/t23-,24+,26-,33+,34-/m1/s1. The molecule has 2 aromatic rings. The maximum absolute atomic E-state index is 14.4. The van der Waals surface area contributed by atoms with Gasteiger partial charge in [0.05, 0.1) is 19.8 Å². The number of carbonyl (C=O) groups is 2. The van der Waals surface area contributed by atoms with Gasteiger partial charge >= 0.3 is 0 Å². The number of ketones is 2. The molecule has 2 heterocycles. The van der Waals surface area contributed by atoms with Gasteiger partial charge in [0.15, 0.2) is 22.8 Å². The Morgan fingerprint density at radius 1 is 1.05 bits per heavy atom. The van der Waals surface area contributed by atoms with Gasteiger partial charge in [0, 0.05) is 41.4 Å². The highest BCUT2D eigenvalue weighted by Gasteiger charge is 2.79. The third-order valence-corrected chi connectivity index (χ3v) is 9.07. The molecule has 0 unspecified atom stereocenters. The zero-order chi connectivity index (χ0) is 29.1. The molecule has 7 heteroatoms. The summed E-state index contributed by atoms with van der Waals surface area (Å²) >= 11 is 0. The number of hydrogen-bond acceptors (Lipinski definition) is 7. The Hall–Kier alpha value is -3.68. The molecule has 0 aromatic heterocycles. The Morgan fingerprint density at radius 2 is 1.78 bits per heavy atom. The van der Waals surface area contributed by atoms with Crippen molar-refractivity contribution in [3.63, 3.8) is 0 Å². The molecule has 41 heavy (non-hydrogen) atoms. The molecule has 4 bridgehead atoms. The van der Waals surface area contributed by atoms with Crippen molar-refractivity contribution in [2.24, 2.45) is 17.8 Å². The van der Waals surface area contributed by atoms with Gasteiger partial charge in [0.1, 0.15) is 22.8 Å². The summed E-state index contributed by atoms with van der Waals surface area (Å²) in [5.74, 6) is -2.09. The number of aromatic hydroxyl groups is 2. The second kappa shape index (κ2) is 10.00. The highest BCUT2D eigenvalue weighted by Crippen LogP contribution is 2.65. The van der Waals surface area contributed by atoms with E-state index in [0.29, 0.717) is 30.8 Å². The van der Waals surface area contributed by atoms with Gasteiger partial charge in [-0.05, 0) is 39.7 Å². The predicted molar refractivity (Wildman–Crippen MR) is 153 cm³/mol. The van der Waals surface area contributed by atoms with Crippen molar-refractivity contribution in [1.82, 2.24) is 0 Å². The second-order valence-electron chi connectivity index (χ2n) is 12.1. The number of benzene rings is 2. The Morgan fingerprint density at radius 3 is 2.49 bits per heavy atom. The van der Waals surface area contributed by atoms with Gasteiger partial charge in [-0.25, -0.2) is 0 Å². The average Bonchev–Trinajstić information content (AvgIpc) is 3.21. The minimum atomic E-state index is -1.41. The van der Waals surface area contributed by atoms with E-state index in [9.17, 15) is 19.8 Å². The molecule has 2 fully saturated rings. The first kappa shape index (κ1) is 27.5. The lowest BCUT2D eigenvalue weighted by molar-refractivity contribution is -0.173. The normalized spacial score (nSPS) is 28.9. The molecule has 214 valence electrons. The third-order valence-electron chi connectivity index (χ3n) is 9.07. The van der Waals surface area contributed by atoms with Crippen LogP contribution in [-0.2, 0) is 27.3 Å². The van der Waals surface area contributed by atoms with Crippen LogP contribution in [0.1, 0.15) is 55.6 Å². The predicted octanol–water partition coefficient (Wildman–Crippen LogP) is 5.63. The van der Waals surface area contributed by atoms with E-state index < -0.39 is 17.1 Å². The highest BCUT2D eigenvalue weighted by molar-refractivity contribution is 6.18. The lowest BCUT2D eigenvalue weighted by Gasteiger charge is -2.58. The van der Waals surface area contributed by atoms with Crippen molar-refractivity contribution in [2.75, 3.05) is 13.2 Å². The van der Waals surface area contributed by atoms with Gasteiger partial charge in [0.2, 0.25) is 0 Å². The van der Waals surface area contributed by atoms with Crippen LogP contribution in [0.4, 0.5) is 0 Å². The van der Waals surface area contributed by atoms with Gasteiger partial charge in [-0.1, -0.05) is 59.7 Å². The number of allylic oxidation sites excluding steroid dienone is 4. The van der Waals surface area contributed by atoms with E-state index in [1.165, 1.54) is 6.07 Å². The van der Waals surface area contributed by atoms with Crippen molar-refractivity contribution in [1.29, 1.82) is 0 Å². The molecular formula is C34H36O7. The van der Waals surface area contributed by atoms with Gasteiger partial charge in [0.25, 0.3) is 0 Å². The number of ether oxygens (including phenoxy) is 3. The van der Waals surface area contributed by atoms with E-state index in [2.05, 4.69) is 0 Å². The Bertz CT molecular complexity index is 1510. The summed E-state index contributed by atoms with van der Waals surface area (Å²) in [6, 6.07) is 11.0. The fourth-order valence-corrected chi connectivity index (χ4v) is 7.10. The topological polar surface area (TPSA) is 102 Å². The van der Waals surface area contributed by atoms with Crippen LogP contribution in [0.25, 0.3) is 0 Å². The fourth-order valence-electron chi connectivity index (χ4n) is 7.10. The molecule has 7 nitrogen and oxygen atoms in total. The molecule has 2 N–H and O–H groups in total. The van der Waals surface area contributed by atoms with Crippen LogP contribution in [0.3, 0.4) is 0 Å². The van der Waals surface area contributed by atoms with E-state index in [0.717, 1.165) is 16.7 Å². The minimum Gasteiger partial charge on any atom is -0.507 e. The average molecular weight is 557 g/mol. The van der Waals surface area contributed by atoms with Crippen LogP contribution >= 0.6 is 0 Å². The van der Waals surface area contributed by atoms with Crippen molar-refractivity contribution in [2.45, 2.75) is 58.3 Å². The van der Waals surface area contributed by atoms with Crippen LogP contribution in [0.15, 0.2) is 71.3 Å². The summed E-state index contributed by atoms with van der Waals surface area (Å²) in [7, 11) is 0. The van der Waals surface area contributed by atoms with Crippen molar-refractivity contribution in [3.05, 3.63) is 88.0 Å². The maximum atomic E-state index is 14.4. The summed E-state index contributed by atoms with van der Waals surface area (Å²) in [6.45, 7) is 8.72. The molecule has 0 amide bonds. The van der Waals surface area contributed by atoms with Gasteiger partial charge in [-0.3, -0.25) is 9.59 Å². The molecule has 2 aliphatic heterocycles. The summed E-state index contributed by atoms with van der Waals surface area (Å²) in [5.41, 5.74) is 1.04. The van der Waals surface area contributed by atoms with Crippen LogP contribution in [0.5, 0.6) is 17.2 Å². The van der Waals surface area contributed by atoms with E-state index in [-0.39, 0.29) is 59.2 Å². The smallest absolute Gasteiger partial charge is 0.200 e. The van der Waals surface area contributed by atoms with Gasteiger partial charge in [-0.15, -0.1) is 0 Å². The highest BCUT2D eigenvalue weighted by atomic mass is 16.6. The number of carbonyl (C=O) groups excluding carboxylic acids is 2. The van der Waals surface area contributed by atoms with Crippen LogP contribution < -0.4 is 4.74 Å². The summed E-state index contributed by atoms with van der Waals surface area (Å²) < 4.78 is 19.6. The quantitative estimate of drug-likeness (QED) is 0.406. The van der Waals surface area contributed by atoms with E-state index in [1.807, 2.05) is 70.2 Å². The summed E-state index contributed by atoms with van der Waals surface area (Å²) in [5, 5.41) is 21.8. The monoisotopic (exact) mass is 556 g/mol. The van der Waals surface area contributed by atoms with E-state index in [4.69, 9.17) is 14.2 Å².